The van der Waals surface area contributed by atoms with Crippen LogP contribution in [0.15, 0.2) is 46.3 Å². The fourth-order valence-electron chi connectivity index (χ4n) is 2.48. The first-order valence-corrected chi connectivity index (χ1v) is 8.67. The SMILES string of the molecule is Cc1cc(/C=C2\SC(N)=NC2=O)ccc1Oc1ccc(C#N)cc1C(F)(F)F. The number of nitrogens with zero attached hydrogens (tertiary/aromatic N) is 2. The molecule has 0 saturated heterocycles. The minimum Gasteiger partial charge on any atom is -0.456 e. The van der Waals surface area contributed by atoms with Crippen molar-refractivity contribution in [3.05, 3.63) is 63.6 Å². The zero-order valence-corrected chi connectivity index (χ0v) is 15.2. The van der Waals surface area contributed by atoms with Crippen molar-refractivity contribution in [2.45, 2.75) is 13.1 Å². The maximum absolute atomic E-state index is 13.3. The van der Waals surface area contributed by atoms with Gasteiger partial charge in [0, 0.05) is 0 Å². The first-order valence-electron chi connectivity index (χ1n) is 7.85. The molecule has 0 aliphatic carbocycles. The van der Waals surface area contributed by atoms with Crippen LogP contribution < -0.4 is 10.5 Å². The standard InChI is InChI=1S/C19H12F3N3O2S/c1-10-6-11(8-16-17(26)25-18(24)28-16)2-4-14(10)27-15-5-3-12(9-23)7-13(15)19(20,21)22/h2-8H,1H3,(H2,24,25,26)/b16-8-. The van der Waals surface area contributed by atoms with Crippen molar-refractivity contribution < 1.29 is 22.7 Å². The number of nitriles is 1. The Kier molecular flexibility index (Phi) is 5.16. The van der Waals surface area contributed by atoms with Crippen molar-refractivity contribution in [2.24, 2.45) is 10.7 Å². The molecule has 5 nitrogen and oxygen atoms in total. The average molecular weight is 403 g/mol. The Morgan fingerprint density at radius 2 is 1.93 bits per heavy atom. The Balaban J connectivity index is 1.90. The second-order valence-electron chi connectivity index (χ2n) is 5.81. The van der Waals surface area contributed by atoms with Crippen LogP contribution in [-0.4, -0.2) is 11.1 Å². The lowest BCUT2D eigenvalue weighted by molar-refractivity contribution is -0.138. The van der Waals surface area contributed by atoms with E-state index in [1.165, 1.54) is 12.1 Å². The van der Waals surface area contributed by atoms with Gasteiger partial charge in [-0.1, -0.05) is 6.07 Å². The second-order valence-corrected chi connectivity index (χ2v) is 6.88. The summed E-state index contributed by atoms with van der Waals surface area (Å²) in [6.07, 6.45) is -3.07. The number of amidine groups is 1. The predicted octanol–water partition coefficient (Wildman–Crippen LogP) is 4.61. The van der Waals surface area contributed by atoms with Gasteiger partial charge < -0.3 is 10.5 Å². The molecule has 28 heavy (non-hydrogen) atoms. The fraction of sp³-hybridized carbons (Fsp3) is 0.105. The van der Waals surface area contributed by atoms with E-state index in [-0.39, 0.29) is 16.5 Å². The summed E-state index contributed by atoms with van der Waals surface area (Å²) < 4.78 is 45.3. The van der Waals surface area contributed by atoms with Gasteiger partial charge in [0.1, 0.15) is 11.5 Å². The third-order valence-corrected chi connectivity index (χ3v) is 4.58. The Morgan fingerprint density at radius 1 is 1.21 bits per heavy atom. The highest BCUT2D eigenvalue weighted by Gasteiger charge is 2.35. The molecule has 3 rings (SSSR count). The number of benzene rings is 2. The van der Waals surface area contributed by atoms with Crippen molar-refractivity contribution in [3.8, 4) is 17.6 Å². The summed E-state index contributed by atoms with van der Waals surface area (Å²) in [7, 11) is 0. The third kappa shape index (κ3) is 4.18. The molecular weight excluding hydrogens is 391 g/mol. The minimum atomic E-state index is -4.67. The number of amides is 1. The molecule has 2 aromatic rings. The molecule has 1 amide bonds. The molecule has 9 heteroatoms. The summed E-state index contributed by atoms with van der Waals surface area (Å²) in [5.74, 6) is -0.616. The molecule has 142 valence electrons. The predicted molar refractivity (Wildman–Crippen MR) is 99.6 cm³/mol. The van der Waals surface area contributed by atoms with Crippen LogP contribution in [0.3, 0.4) is 0 Å². The van der Waals surface area contributed by atoms with E-state index >= 15 is 0 Å². The van der Waals surface area contributed by atoms with Crippen molar-refractivity contribution in [1.29, 1.82) is 5.26 Å². The highest BCUT2D eigenvalue weighted by Crippen LogP contribution is 2.39. The number of ether oxygens (including phenoxy) is 1. The largest absolute Gasteiger partial charge is 0.456 e. The van der Waals surface area contributed by atoms with Gasteiger partial charge in [-0.05, 0) is 66.2 Å². The number of alkyl halides is 3. The quantitative estimate of drug-likeness (QED) is 0.757. The van der Waals surface area contributed by atoms with Gasteiger partial charge in [-0.15, -0.1) is 0 Å². The van der Waals surface area contributed by atoms with Gasteiger partial charge in [0.15, 0.2) is 5.17 Å². The van der Waals surface area contributed by atoms with Crippen molar-refractivity contribution in [2.75, 3.05) is 0 Å². The zero-order chi connectivity index (χ0) is 20.5. The molecule has 1 aliphatic heterocycles. The van der Waals surface area contributed by atoms with Crippen LogP contribution in [0.1, 0.15) is 22.3 Å². The number of hydrogen-bond donors (Lipinski definition) is 1. The number of hydrogen-bond acceptors (Lipinski definition) is 5. The van der Waals surface area contributed by atoms with Crippen LogP contribution in [0, 0.1) is 18.3 Å². The number of aryl methyl sites for hydroxylation is 1. The van der Waals surface area contributed by atoms with E-state index in [9.17, 15) is 18.0 Å². The Morgan fingerprint density at radius 3 is 2.50 bits per heavy atom. The molecule has 2 N–H and O–H groups in total. The minimum absolute atomic E-state index is 0.112. The Bertz CT molecular complexity index is 1070. The van der Waals surface area contributed by atoms with Crippen LogP contribution in [0.5, 0.6) is 11.5 Å². The summed E-state index contributed by atoms with van der Waals surface area (Å²) >= 11 is 1.05. The zero-order valence-electron chi connectivity index (χ0n) is 14.4. The van der Waals surface area contributed by atoms with E-state index in [2.05, 4.69) is 4.99 Å². The van der Waals surface area contributed by atoms with Crippen LogP contribution in [0.2, 0.25) is 0 Å². The van der Waals surface area contributed by atoms with E-state index in [0.29, 0.717) is 16.0 Å². The summed E-state index contributed by atoms with van der Waals surface area (Å²) in [6.45, 7) is 1.67. The molecule has 1 heterocycles. The van der Waals surface area contributed by atoms with E-state index in [1.807, 2.05) is 0 Å². The number of aliphatic imine (C=N–C) groups is 1. The first-order chi connectivity index (χ1) is 13.2. The third-order valence-electron chi connectivity index (χ3n) is 3.77. The van der Waals surface area contributed by atoms with E-state index in [4.69, 9.17) is 15.7 Å². The summed E-state index contributed by atoms with van der Waals surface area (Å²) in [6, 6.07) is 9.58. The highest BCUT2D eigenvalue weighted by atomic mass is 32.2. The number of carbonyl (C=O) groups is 1. The van der Waals surface area contributed by atoms with E-state index < -0.39 is 23.4 Å². The van der Waals surface area contributed by atoms with Crippen molar-refractivity contribution >= 4 is 28.9 Å². The lowest BCUT2D eigenvalue weighted by atomic mass is 10.1. The van der Waals surface area contributed by atoms with Crippen LogP contribution in [-0.2, 0) is 11.0 Å². The number of nitrogens with two attached hydrogens (primary N) is 1. The van der Waals surface area contributed by atoms with Gasteiger partial charge in [-0.3, -0.25) is 4.79 Å². The van der Waals surface area contributed by atoms with Crippen LogP contribution in [0.4, 0.5) is 13.2 Å². The lowest BCUT2D eigenvalue weighted by Gasteiger charge is -2.15. The normalized spacial score (nSPS) is 15.5. The van der Waals surface area contributed by atoms with E-state index in [1.54, 1.807) is 31.2 Å². The molecule has 0 atom stereocenters. The van der Waals surface area contributed by atoms with Gasteiger partial charge in [0.25, 0.3) is 5.91 Å². The maximum atomic E-state index is 13.3. The molecule has 2 aromatic carbocycles. The van der Waals surface area contributed by atoms with Gasteiger partial charge in [-0.25, -0.2) is 0 Å². The van der Waals surface area contributed by atoms with Crippen molar-refractivity contribution in [3.63, 3.8) is 0 Å². The maximum Gasteiger partial charge on any atom is 0.420 e. The van der Waals surface area contributed by atoms with Gasteiger partial charge in [0.05, 0.1) is 22.1 Å². The molecule has 1 aliphatic rings. The summed E-state index contributed by atoms with van der Waals surface area (Å²) in [5, 5.41) is 8.99. The summed E-state index contributed by atoms with van der Waals surface area (Å²) in [5.41, 5.74) is 5.58. The Hall–Kier alpha value is -3.25. The van der Waals surface area contributed by atoms with Crippen molar-refractivity contribution in [1.82, 2.24) is 0 Å². The smallest absolute Gasteiger partial charge is 0.420 e. The van der Waals surface area contributed by atoms with Crippen LogP contribution in [0.25, 0.3) is 6.08 Å². The van der Waals surface area contributed by atoms with Gasteiger partial charge >= 0.3 is 6.18 Å². The van der Waals surface area contributed by atoms with Crippen LogP contribution >= 0.6 is 11.8 Å². The molecule has 0 aromatic heterocycles. The van der Waals surface area contributed by atoms with E-state index in [0.717, 1.165) is 23.9 Å². The number of halogens is 3. The molecule has 0 bridgehead atoms. The lowest BCUT2D eigenvalue weighted by Crippen LogP contribution is -2.08. The molecule has 0 fully saturated rings. The first kappa shape index (κ1) is 19.5. The average Bonchev–Trinajstić information content (AvgIpc) is 2.93. The second kappa shape index (κ2) is 7.40. The molecule has 0 radical (unpaired) electrons. The van der Waals surface area contributed by atoms with Gasteiger partial charge in [0.2, 0.25) is 0 Å². The van der Waals surface area contributed by atoms with Gasteiger partial charge in [-0.2, -0.15) is 23.4 Å². The Labute approximate surface area is 162 Å². The highest BCUT2D eigenvalue weighted by molar-refractivity contribution is 8.18. The fourth-order valence-corrected chi connectivity index (χ4v) is 3.16. The molecule has 0 spiro atoms. The topological polar surface area (TPSA) is 88.5 Å². The molecule has 0 unspecified atom stereocenters. The number of carbonyl (C=O) groups excluding carboxylic acids is 1. The summed E-state index contributed by atoms with van der Waals surface area (Å²) in [4.78, 5) is 15.6. The number of rotatable bonds is 3. The number of thioether (sulfide) groups is 1. The molecular formula is C19H12F3N3O2S. The molecule has 0 saturated carbocycles. The monoisotopic (exact) mass is 403 g/mol.